The summed E-state index contributed by atoms with van der Waals surface area (Å²) in [6.07, 6.45) is 5.16. The van der Waals surface area contributed by atoms with Crippen molar-refractivity contribution in [2.45, 2.75) is 39.2 Å². The fraction of sp³-hybridized carbons (Fsp3) is 0.571. The monoisotopic (exact) mass is 264 g/mol. The Morgan fingerprint density at radius 3 is 2.74 bits per heavy atom. The fourth-order valence-corrected chi connectivity index (χ4v) is 2.12. The highest BCUT2D eigenvalue weighted by Crippen LogP contribution is 2.24. The maximum absolute atomic E-state index is 12.0. The minimum atomic E-state index is -0.506. The number of carbonyl (C=O) groups is 2. The van der Waals surface area contributed by atoms with E-state index < -0.39 is 5.60 Å². The van der Waals surface area contributed by atoms with Crippen molar-refractivity contribution in [2.75, 3.05) is 13.1 Å². The molecule has 0 aromatic rings. The average Bonchev–Trinajstić information content (AvgIpc) is 2.73. The maximum atomic E-state index is 12.0. The van der Waals surface area contributed by atoms with E-state index in [9.17, 15) is 9.59 Å². The lowest BCUT2D eigenvalue weighted by molar-refractivity contribution is -0.149. The summed E-state index contributed by atoms with van der Waals surface area (Å²) in [6.45, 7) is 6.83. The van der Waals surface area contributed by atoms with Crippen LogP contribution in [0.25, 0.3) is 0 Å². The van der Waals surface area contributed by atoms with Gasteiger partial charge in [-0.1, -0.05) is 6.08 Å². The number of nitrogens with one attached hydrogen (secondary N) is 1. The zero-order chi connectivity index (χ0) is 14.0. The number of esters is 1. The maximum Gasteiger partial charge on any atom is 0.338 e. The largest absolute Gasteiger partial charge is 0.456 e. The summed E-state index contributed by atoms with van der Waals surface area (Å²) in [5.74, 6) is -0.329. The van der Waals surface area contributed by atoms with Crippen LogP contribution in [0.4, 0.5) is 4.79 Å². The molecule has 1 fully saturated rings. The molecule has 2 rings (SSSR count). The molecular weight excluding hydrogens is 244 g/mol. The molecule has 0 bridgehead atoms. The molecule has 0 aromatic heterocycles. The molecule has 2 amide bonds. The van der Waals surface area contributed by atoms with Crippen molar-refractivity contribution in [2.24, 2.45) is 0 Å². The number of nitrogens with zero attached hydrogens (tertiary/aromatic N) is 1. The van der Waals surface area contributed by atoms with Gasteiger partial charge in [0.05, 0.1) is 5.57 Å². The van der Waals surface area contributed by atoms with Crippen LogP contribution < -0.4 is 5.32 Å². The third-order valence-corrected chi connectivity index (χ3v) is 2.92. The van der Waals surface area contributed by atoms with Crippen molar-refractivity contribution >= 4 is 12.0 Å². The number of allylic oxidation sites excluding steroid dienone is 2. The predicted molar refractivity (Wildman–Crippen MR) is 71.3 cm³/mol. The molecular formula is C14H20N2O3. The van der Waals surface area contributed by atoms with Gasteiger partial charge in [0.1, 0.15) is 5.60 Å². The van der Waals surface area contributed by atoms with Crippen LogP contribution in [0.2, 0.25) is 0 Å². The summed E-state index contributed by atoms with van der Waals surface area (Å²) in [4.78, 5) is 25.3. The fourth-order valence-electron chi connectivity index (χ4n) is 2.12. The van der Waals surface area contributed by atoms with E-state index in [1.165, 1.54) is 0 Å². The first-order valence-corrected chi connectivity index (χ1v) is 6.56. The van der Waals surface area contributed by atoms with Gasteiger partial charge < -0.3 is 10.1 Å². The Kier molecular flexibility index (Phi) is 3.64. The molecule has 5 heteroatoms. The molecule has 1 saturated heterocycles. The molecule has 1 heterocycles. The van der Waals surface area contributed by atoms with Crippen molar-refractivity contribution < 1.29 is 14.3 Å². The first-order valence-electron chi connectivity index (χ1n) is 6.56. The molecule has 2 aliphatic rings. The lowest BCUT2D eigenvalue weighted by Crippen LogP contribution is -2.29. The number of hydrogen-bond donors (Lipinski definition) is 1. The number of urea groups is 1. The van der Waals surface area contributed by atoms with E-state index in [1.807, 2.05) is 26.8 Å². The number of carbonyl (C=O) groups excluding carboxylic acids is 2. The van der Waals surface area contributed by atoms with Crippen LogP contribution in [0, 0.1) is 0 Å². The number of hydrogen-bond acceptors (Lipinski definition) is 3. The van der Waals surface area contributed by atoms with E-state index in [1.54, 1.807) is 11.0 Å². The van der Waals surface area contributed by atoms with Crippen molar-refractivity contribution in [1.29, 1.82) is 0 Å². The lowest BCUT2D eigenvalue weighted by Gasteiger charge is -2.24. The van der Waals surface area contributed by atoms with Gasteiger partial charge in [0, 0.05) is 18.8 Å². The van der Waals surface area contributed by atoms with E-state index in [0.29, 0.717) is 18.7 Å². The van der Waals surface area contributed by atoms with Crippen LogP contribution in [0.5, 0.6) is 0 Å². The summed E-state index contributed by atoms with van der Waals surface area (Å²) in [6, 6.07) is -0.0864. The van der Waals surface area contributed by atoms with Gasteiger partial charge in [-0.2, -0.15) is 0 Å². The van der Waals surface area contributed by atoms with E-state index in [4.69, 9.17) is 4.74 Å². The molecule has 1 aliphatic carbocycles. The Morgan fingerprint density at radius 2 is 2.16 bits per heavy atom. The van der Waals surface area contributed by atoms with Gasteiger partial charge in [0.2, 0.25) is 0 Å². The second-order valence-corrected chi connectivity index (χ2v) is 5.72. The molecule has 1 aliphatic heterocycles. The molecule has 0 radical (unpaired) electrons. The third kappa shape index (κ3) is 3.36. The highest BCUT2D eigenvalue weighted by Gasteiger charge is 2.26. The molecule has 19 heavy (non-hydrogen) atoms. The van der Waals surface area contributed by atoms with Crippen LogP contribution in [-0.4, -0.2) is 35.6 Å². The van der Waals surface area contributed by atoms with E-state index >= 15 is 0 Å². The Bertz CT molecular complexity index is 458. The van der Waals surface area contributed by atoms with E-state index in [-0.39, 0.29) is 12.0 Å². The molecule has 1 N–H and O–H groups in total. The second kappa shape index (κ2) is 5.07. The van der Waals surface area contributed by atoms with Gasteiger partial charge in [-0.15, -0.1) is 0 Å². The van der Waals surface area contributed by atoms with Crippen LogP contribution in [0.3, 0.4) is 0 Å². The molecule has 0 atom stereocenters. The average molecular weight is 264 g/mol. The summed E-state index contributed by atoms with van der Waals surface area (Å²) >= 11 is 0. The zero-order valence-electron chi connectivity index (χ0n) is 11.7. The molecule has 5 nitrogen and oxygen atoms in total. The minimum Gasteiger partial charge on any atom is -0.456 e. The first kappa shape index (κ1) is 13.6. The third-order valence-electron chi connectivity index (χ3n) is 2.92. The van der Waals surface area contributed by atoms with Gasteiger partial charge in [-0.05, 0) is 39.7 Å². The van der Waals surface area contributed by atoms with Gasteiger partial charge in [-0.3, -0.25) is 4.90 Å². The van der Waals surface area contributed by atoms with E-state index in [2.05, 4.69) is 5.32 Å². The normalized spacial score (nSPS) is 19.7. The number of amides is 2. The SMILES string of the molecule is CC(C)(C)OC(=O)C1=CCCC(N2CCNC2=O)=C1. The molecule has 0 aromatic carbocycles. The standard InChI is InChI=1S/C14H20N2O3/c1-14(2,3)19-12(17)10-5-4-6-11(9-10)16-8-7-15-13(16)18/h5,9H,4,6-8H2,1-3H3,(H,15,18). The Balaban J connectivity index is 2.10. The lowest BCUT2D eigenvalue weighted by atomic mass is 10.0. The van der Waals surface area contributed by atoms with Crippen molar-refractivity contribution in [3.63, 3.8) is 0 Å². The molecule has 0 spiro atoms. The topological polar surface area (TPSA) is 58.6 Å². The van der Waals surface area contributed by atoms with Gasteiger partial charge in [0.25, 0.3) is 0 Å². The van der Waals surface area contributed by atoms with Crippen LogP contribution in [-0.2, 0) is 9.53 Å². The van der Waals surface area contributed by atoms with Crippen LogP contribution in [0.1, 0.15) is 33.6 Å². The highest BCUT2D eigenvalue weighted by atomic mass is 16.6. The summed E-state index contributed by atoms with van der Waals surface area (Å²) in [5, 5.41) is 2.76. The molecule has 0 saturated carbocycles. The van der Waals surface area contributed by atoms with E-state index in [0.717, 1.165) is 18.5 Å². The summed E-state index contributed by atoms with van der Waals surface area (Å²) in [5.41, 5.74) is 0.920. The highest BCUT2D eigenvalue weighted by molar-refractivity contribution is 5.92. The Morgan fingerprint density at radius 1 is 1.42 bits per heavy atom. The number of rotatable bonds is 2. The van der Waals surface area contributed by atoms with Gasteiger partial charge >= 0.3 is 12.0 Å². The predicted octanol–water partition coefficient (Wildman–Crippen LogP) is 1.96. The van der Waals surface area contributed by atoms with Gasteiger partial charge in [-0.25, -0.2) is 9.59 Å². The van der Waals surface area contributed by atoms with Gasteiger partial charge in [0.15, 0.2) is 0 Å². The van der Waals surface area contributed by atoms with Crippen LogP contribution in [0.15, 0.2) is 23.4 Å². The number of ether oxygens (including phenoxy) is 1. The van der Waals surface area contributed by atoms with Crippen molar-refractivity contribution in [3.8, 4) is 0 Å². The van der Waals surface area contributed by atoms with Crippen LogP contribution >= 0.6 is 0 Å². The smallest absolute Gasteiger partial charge is 0.338 e. The zero-order valence-corrected chi connectivity index (χ0v) is 11.7. The summed E-state index contributed by atoms with van der Waals surface area (Å²) in [7, 11) is 0. The summed E-state index contributed by atoms with van der Waals surface area (Å²) < 4.78 is 5.34. The van der Waals surface area contributed by atoms with Crippen molar-refractivity contribution in [3.05, 3.63) is 23.4 Å². The Hall–Kier alpha value is -1.78. The quantitative estimate of drug-likeness (QED) is 0.776. The molecule has 104 valence electrons. The Labute approximate surface area is 113 Å². The second-order valence-electron chi connectivity index (χ2n) is 5.72. The van der Waals surface area contributed by atoms with Crippen molar-refractivity contribution in [1.82, 2.24) is 10.2 Å². The molecule has 0 unspecified atom stereocenters. The minimum absolute atomic E-state index is 0.0864. The first-order chi connectivity index (χ1) is 8.87.